The van der Waals surface area contributed by atoms with Crippen molar-refractivity contribution in [2.45, 2.75) is 13.0 Å². The van der Waals surface area contributed by atoms with Crippen LogP contribution in [0.15, 0.2) is 30.6 Å². The van der Waals surface area contributed by atoms with E-state index in [-0.39, 0.29) is 6.03 Å². The summed E-state index contributed by atoms with van der Waals surface area (Å²) in [4.78, 5) is 15.7. The first kappa shape index (κ1) is 14.3. The molecule has 6 heteroatoms. The second kappa shape index (κ2) is 7.49. The van der Waals surface area contributed by atoms with Crippen LogP contribution in [0.1, 0.15) is 6.42 Å². The minimum absolute atomic E-state index is 0.155. The summed E-state index contributed by atoms with van der Waals surface area (Å²) in [5.41, 5.74) is 2.12. The number of urea groups is 1. The van der Waals surface area contributed by atoms with E-state index in [2.05, 4.69) is 20.2 Å². The average molecular weight is 276 g/mol. The SMILES string of the molecule is COCCNC(=O)NCCCn1cnc2ccccc21. The maximum absolute atomic E-state index is 11.4. The molecule has 20 heavy (non-hydrogen) atoms. The topological polar surface area (TPSA) is 68.2 Å². The molecule has 0 saturated carbocycles. The maximum Gasteiger partial charge on any atom is 0.314 e. The van der Waals surface area contributed by atoms with E-state index in [9.17, 15) is 4.79 Å². The monoisotopic (exact) mass is 276 g/mol. The van der Waals surface area contributed by atoms with Gasteiger partial charge in [-0.15, -0.1) is 0 Å². The van der Waals surface area contributed by atoms with E-state index < -0.39 is 0 Å². The van der Waals surface area contributed by atoms with Crippen LogP contribution in [0.5, 0.6) is 0 Å². The van der Waals surface area contributed by atoms with Gasteiger partial charge in [0.05, 0.1) is 24.0 Å². The average Bonchev–Trinajstić information content (AvgIpc) is 2.87. The van der Waals surface area contributed by atoms with Crippen molar-refractivity contribution in [1.29, 1.82) is 0 Å². The van der Waals surface area contributed by atoms with Crippen LogP contribution in [-0.2, 0) is 11.3 Å². The summed E-state index contributed by atoms with van der Waals surface area (Å²) >= 11 is 0. The lowest BCUT2D eigenvalue weighted by Crippen LogP contribution is -2.37. The summed E-state index contributed by atoms with van der Waals surface area (Å²) in [6.07, 6.45) is 2.70. The molecule has 0 radical (unpaired) electrons. The Morgan fingerprint density at radius 2 is 2.10 bits per heavy atom. The number of aryl methyl sites for hydroxylation is 1. The largest absolute Gasteiger partial charge is 0.383 e. The molecule has 0 unspecified atom stereocenters. The van der Waals surface area contributed by atoms with Gasteiger partial charge in [-0.05, 0) is 18.6 Å². The van der Waals surface area contributed by atoms with Crippen LogP contribution in [0.2, 0.25) is 0 Å². The number of amides is 2. The fourth-order valence-corrected chi connectivity index (χ4v) is 1.97. The lowest BCUT2D eigenvalue weighted by Gasteiger charge is -2.08. The molecular weight excluding hydrogens is 256 g/mol. The number of fused-ring (bicyclic) bond motifs is 1. The van der Waals surface area contributed by atoms with Crippen molar-refractivity contribution in [1.82, 2.24) is 20.2 Å². The summed E-state index contributed by atoms with van der Waals surface area (Å²) in [6, 6.07) is 7.87. The Hall–Kier alpha value is -2.08. The van der Waals surface area contributed by atoms with E-state index in [1.165, 1.54) is 0 Å². The van der Waals surface area contributed by atoms with Gasteiger partial charge in [0.2, 0.25) is 0 Å². The fourth-order valence-electron chi connectivity index (χ4n) is 1.97. The highest BCUT2D eigenvalue weighted by Crippen LogP contribution is 2.11. The first-order valence-corrected chi connectivity index (χ1v) is 6.72. The molecule has 1 aromatic carbocycles. The second-order valence-electron chi connectivity index (χ2n) is 4.46. The Labute approximate surface area is 118 Å². The van der Waals surface area contributed by atoms with Crippen LogP contribution in [-0.4, -0.2) is 42.4 Å². The van der Waals surface area contributed by atoms with Crippen LogP contribution in [0.4, 0.5) is 4.79 Å². The normalized spacial score (nSPS) is 10.7. The molecule has 0 aliphatic heterocycles. The van der Waals surface area contributed by atoms with Crippen LogP contribution < -0.4 is 10.6 Å². The van der Waals surface area contributed by atoms with Gasteiger partial charge in [-0.25, -0.2) is 9.78 Å². The smallest absolute Gasteiger partial charge is 0.314 e. The molecule has 2 amide bonds. The number of carbonyl (C=O) groups excluding carboxylic acids is 1. The van der Waals surface area contributed by atoms with Gasteiger partial charge in [0, 0.05) is 26.7 Å². The number of rotatable bonds is 7. The number of nitrogens with zero attached hydrogens (tertiary/aromatic N) is 2. The molecule has 2 aromatic rings. The predicted molar refractivity (Wildman–Crippen MR) is 77.6 cm³/mol. The Bertz CT molecular complexity index is 553. The minimum Gasteiger partial charge on any atom is -0.383 e. The molecule has 0 spiro atoms. The molecule has 0 aliphatic rings. The highest BCUT2D eigenvalue weighted by molar-refractivity contribution is 5.75. The zero-order valence-corrected chi connectivity index (χ0v) is 11.6. The molecule has 1 heterocycles. The molecular formula is C14H20N4O2. The number of imidazole rings is 1. The zero-order valence-electron chi connectivity index (χ0n) is 11.6. The first-order chi connectivity index (χ1) is 9.81. The van der Waals surface area contributed by atoms with Crippen LogP contribution in [0.3, 0.4) is 0 Å². The van der Waals surface area contributed by atoms with Gasteiger partial charge in [-0.3, -0.25) is 0 Å². The first-order valence-electron chi connectivity index (χ1n) is 6.72. The van der Waals surface area contributed by atoms with Gasteiger partial charge in [-0.1, -0.05) is 12.1 Å². The highest BCUT2D eigenvalue weighted by atomic mass is 16.5. The number of aromatic nitrogens is 2. The van der Waals surface area contributed by atoms with Gasteiger partial charge >= 0.3 is 6.03 Å². The number of hydrogen-bond acceptors (Lipinski definition) is 3. The highest BCUT2D eigenvalue weighted by Gasteiger charge is 2.02. The van der Waals surface area contributed by atoms with Crippen molar-refractivity contribution in [2.75, 3.05) is 26.8 Å². The Morgan fingerprint density at radius 3 is 2.95 bits per heavy atom. The third kappa shape index (κ3) is 3.96. The number of ether oxygens (including phenoxy) is 1. The molecule has 0 aliphatic carbocycles. The summed E-state index contributed by atoms with van der Waals surface area (Å²) in [6.45, 7) is 2.51. The number of methoxy groups -OCH3 is 1. The summed E-state index contributed by atoms with van der Waals surface area (Å²) < 4.78 is 6.95. The number of para-hydroxylation sites is 2. The van der Waals surface area contributed by atoms with Crippen molar-refractivity contribution < 1.29 is 9.53 Å². The molecule has 2 N–H and O–H groups in total. The molecule has 0 saturated heterocycles. The molecule has 108 valence electrons. The van der Waals surface area contributed by atoms with Crippen LogP contribution in [0, 0.1) is 0 Å². The van der Waals surface area contributed by atoms with E-state index in [1.54, 1.807) is 7.11 Å². The van der Waals surface area contributed by atoms with Crippen molar-refractivity contribution >= 4 is 17.1 Å². The van der Waals surface area contributed by atoms with E-state index in [1.807, 2.05) is 30.6 Å². The van der Waals surface area contributed by atoms with Crippen LogP contribution >= 0.6 is 0 Å². The van der Waals surface area contributed by atoms with Crippen molar-refractivity contribution in [3.05, 3.63) is 30.6 Å². The third-order valence-corrected chi connectivity index (χ3v) is 2.98. The van der Waals surface area contributed by atoms with Gasteiger partial charge < -0.3 is 19.9 Å². The van der Waals surface area contributed by atoms with Crippen LogP contribution in [0.25, 0.3) is 11.0 Å². The van der Waals surface area contributed by atoms with Gasteiger partial charge in [-0.2, -0.15) is 0 Å². The van der Waals surface area contributed by atoms with E-state index in [0.717, 1.165) is 24.0 Å². The Kier molecular flexibility index (Phi) is 5.37. The molecule has 0 bridgehead atoms. The van der Waals surface area contributed by atoms with Gasteiger partial charge in [0.25, 0.3) is 0 Å². The lowest BCUT2D eigenvalue weighted by molar-refractivity contribution is 0.196. The van der Waals surface area contributed by atoms with Crippen molar-refractivity contribution in [3.8, 4) is 0 Å². The molecule has 0 fully saturated rings. The van der Waals surface area contributed by atoms with Gasteiger partial charge in [0.1, 0.15) is 0 Å². The number of hydrogen-bond donors (Lipinski definition) is 2. The van der Waals surface area contributed by atoms with Crippen molar-refractivity contribution in [2.24, 2.45) is 0 Å². The van der Waals surface area contributed by atoms with Gasteiger partial charge in [0.15, 0.2) is 0 Å². The number of benzene rings is 1. The van der Waals surface area contributed by atoms with E-state index in [4.69, 9.17) is 4.74 Å². The van der Waals surface area contributed by atoms with E-state index in [0.29, 0.717) is 19.7 Å². The summed E-state index contributed by atoms with van der Waals surface area (Å²) in [5, 5.41) is 5.53. The Morgan fingerprint density at radius 1 is 1.30 bits per heavy atom. The zero-order chi connectivity index (χ0) is 14.2. The Balaban J connectivity index is 1.70. The van der Waals surface area contributed by atoms with E-state index >= 15 is 0 Å². The number of carbonyl (C=O) groups is 1. The standard InChI is InChI=1S/C14H20N4O2/c1-20-10-8-16-14(19)15-7-4-9-18-11-17-12-5-2-3-6-13(12)18/h2-3,5-6,11H,4,7-10H2,1H3,(H2,15,16,19). The maximum atomic E-state index is 11.4. The number of nitrogens with one attached hydrogen (secondary N) is 2. The fraction of sp³-hybridized carbons (Fsp3) is 0.429. The minimum atomic E-state index is -0.155. The predicted octanol–water partition coefficient (Wildman–Crippen LogP) is 1.37. The summed E-state index contributed by atoms with van der Waals surface area (Å²) in [5.74, 6) is 0. The summed E-state index contributed by atoms with van der Waals surface area (Å²) in [7, 11) is 1.61. The third-order valence-electron chi connectivity index (χ3n) is 2.98. The van der Waals surface area contributed by atoms with Crippen molar-refractivity contribution in [3.63, 3.8) is 0 Å². The molecule has 6 nitrogen and oxygen atoms in total. The lowest BCUT2D eigenvalue weighted by atomic mass is 10.3. The quantitative estimate of drug-likeness (QED) is 0.751. The molecule has 0 atom stereocenters. The molecule has 2 rings (SSSR count). The second-order valence-corrected chi connectivity index (χ2v) is 4.46. The molecule has 1 aromatic heterocycles.